The summed E-state index contributed by atoms with van der Waals surface area (Å²) in [6.45, 7) is 0.532. The molecule has 0 spiro atoms. The fourth-order valence-electron chi connectivity index (χ4n) is 1.52. The van der Waals surface area contributed by atoms with Crippen molar-refractivity contribution >= 4 is 17.5 Å². The lowest BCUT2D eigenvalue weighted by Gasteiger charge is -2.44. The highest BCUT2D eigenvalue weighted by atomic mass is 35.5. The molecule has 0 aromatic heterocycles. The lowest BCUT2D eigenvalue weighted by atomic mass is 9.97. The van der Waals surface area contributed by atoms with Crippen LogP contribution in [0.5, 0.6) is 0 Å². The van der Waals surface area contributed by atoms with Gasteiger partial charge in [-0.1, -0.05) is 11.6 Å². The first kappa shape index (κ1) is 13.6. The highest BCUT2D eigenvalue weighted by molar-refractivity contribution is 6.22. The first-order valence-electron chi connectivity index (χ1n) is 4.62. The molecule has 7 nitrogen and oxygen atoms in total. The van der Waals surface area contributed by atoms with Gasteiger partial charge < -0.3 is 30.5 Å². The minimum absolute atomic E-state index is 0.554. The molecular formula is C8H14ClNO6. The molecule has 0 saturated carbocycles. The van der Waals surface area contributed by atoms with E-state index in [0.29, 0.717) is 0 Å². The maximum atomic E-state index is 10.8. The van der Waals surface area contributed by atoms with Gasteiger partial charge in [0.2, 0.25) is 5.91 Å². The van der Waals surface area contributed by atoms with Gasteiger partial charge in [0.15, 0.2) is 0 Å². The van der Waals surface area contributed by atoms with Crippen LogP contribution in [0, 0.1) is 0 Å². The van der Waals surface area contributed by atoms with E-state index in [-0.39, 0.29) is 0 Å². The van der Waals surface area contributed by atoms with E-state index in [1.54, 1.807) is 0 Å². The molecule has 94 valence electrons. The van der Waals surface area contributed by atoms with Crippen molar-refractivity contribution in [3.63, 3.8) is 0 Å². The Balaban J connectivity index is 2.87. The number of amides is 1. The maximum Gasteiger partial charge on any atom is 0.270 e. The van der Waals surface area contributed by atoms with Gasteiger partial charge in [0, 0.05) is 6.92 Å². The molecular weight excluding hydrogens is 242 g/mol. The van der Waals surface area contributed by atoms with Gasteiger partial charge in [-0.15, -0.1) is 0 Å². The Kier molecular flexibility index (Phi) is 4.11. The Morgan fingerprint density at radius 2 is 2.06 bits per heavy atom. The number of carbonyl (C=O) groups excluding carboxylic acids is 1. The van der Waals surface area contributed by atoms with Crippen LogP contribution >= 0.6 is 11.6 Å². The largest absolute Gasteiger partial charge is 0.394 e. The third-order valence-electron chi connectivity index (χ3n) is 2.31. The summed E-state index contributed by atoms with van der Waals surface area (Å²) < 4.78 is 4.77. The fraction of sp³-hybridized carbons (Fsp3) is 0.875. The topological polar surface area (TPSA) is 119 Å². The van der Waals surface area contributed by atoms with Gasteiger partial charge in [-0.2, -0.15) is 0 Å². The molecule has 0 aromatic rings. The monoisotopic (exact) mass is 255 g/mol. The van der Waals surface area contributed by atoms with Gasteiger partial charge in [-0.05, 0) is 0 Å². The van der Waals surface area contributed by atoms with E-state index < -0.39 is 42.1 Å². The minimum Gasteiger partial charge on any atom is -0.394 e. The second kappa shape index (κ2) is 4.82. The normalized spacial score (nSPS) is 44.1. The predicted octanol–water partition coefficient (Wildman–Crippen LogP) is -2.51. The lowest BCUT2D eigenvalue weighted by molar-refractivity contribution is -0.277. The van der Waals surface area contributed by atoms with Crippen LogP contribution in [0.15, 0.2) is 0 Å². The second-order valence-electron chi connectivity index (χ2n) is 3.61. The Morgan fingerprint density at radius 3 is 2.50 bits per heavy atom. The molecule has 0 aromatic carbocycles. The van der Waals surface area contributed by atoms with Crippen molar-refractivity contribution in [3.05, 3.63) is 0 Å². The average Bonchev–Trinajstić information content (AvgIpc) is 2.18. The van der Waals surface area contributed by atoms with Crippen LogP contribution in [0.1, 0.15) is 6.92 Å². The first-order valence-corrected chi connectivity index (χ1v) is 5.00. The highest BCUT2D eigenvalue weighted by Crippen LogP contribution is 2.31. The standard InChI is InChI=1S/C8H14ClNO6/c1-3(12)10-7-6(14)5(13)4(2-11)16-8(7,9)15/h4-7,11,13-15H,2H2,1H3,(H,10,12)/t4-,5-,6+,7-,8?/m1/s1. The Morgan fingerprint density at radius 1 is 1.50 bits per heavy atom. The van der Waals surface area contributed by atoms with Crippen molar-refractivity contribution in [2.24, 2.45) is 0 Å². The zero-order chi connectivity index (χ0) is 12.5. The van der Waals surface area contributed by atoms with Crippen LogP contribution in [-0.4, -0.2) is 62.5 Å². The summed E-state index contributed by atoms with van der Waals surface area (Å²) in [5, 5.41) is 37.3. The summed E-state index contributed by atoms with van der Waals surface area (Å²) in [6, 6.07) is -1.38. The third-order valence-corrected chi connectivity index (χ3v) is 2.64. The van der Waals surface area contributed by atoms with Crippen molar-refractivity contribution in [1.82, 2.24) is 5.32 Å². The smallest absolute Gasteiger partial charge is 0.270 e. The molecule has 8 heteroatoms. The molecule has 1 heterocycles. The van der Waals surface area contributed by atoms with Gasteiger partial charge in [0.1, 0.15) is 24.4 Å². The molecule has 1 aliphatic rings. The Labute approximate surface area is 96.6 Å². The lowest BCUT2D eigenvalue weighted by Crippen LogP contribution is -2.68. The second-order valence-corrected chi connectivity index (χ2v) is 4.15. The molecule has 0 bridgehead atoms. The summed E-state index contributed by atoms with van der Waals surface area (Å²) in [4.78, 5) is 10.8. The van der Waals surface area contributed by atoms with Crippen LogP contribution in [0.25, 0.3) is 0 Å². The number of aliphatic hydroxyl groups excluding tert-OH is 3. The van der Waals surface area contributed by atoms with E-state index in [2.05, 4.69) is 5.32 Å². The molecule has 0 aliphatic carbocycles. The van der Waals surface area contributed by atoms with Gasteiger partial charge in [0.25, 0.3) is 5.25 Å². The van der Waals surface area contributed by atoms with Crippen molar-refractivity contribution < 1.29 is 30.0 Å². The van der Waals surface area contributed by atoms with Crippen molar-refractivity contribution in [1.29, 1.82) is 0 Å². The molecule has 16 heavy (non-hydrogen) atoms. The fourth-order valence-corrected chi connectivity index (χ4v) is 1.82. The zero-order valence-corrected chi connectivity index (χ0v) is 9.26. The third kappa shape index (κ3) is 2.62. The van der Waals surface area contributed by atoms with E-state index in [0.717, 1.165) is 6.92 Å². The number of hydrogen-bond acceptors (Lipinski definition) is 6. The zero-order valence-electron chi connectivity index (χ0n) is 8.50. The van der Waals surface area contributed by atoms with E-state index in [4.69, 9.17) is 21.4 Å². The van der Waals surface area contributed by atoms with Gasteiger partial charge in [-0.3, -0.25) is 4.79 Å². The summed E-state index contributed by atoms with van der Waals surface area (Å²) in [6.07, 6.45) is -4.22. The van der Waals surface area contributed by atoms with Crippen LogP contribution in [-0.2, 0) is 9.53 Å². The molecule has 1 saturated heterocycles. The van der Waals surface area contributed by atoms with E-state index >= 15 is 0 Å². The Bertz CT molecular complexity index is 273. The van der Waals surface area contributed by atoms with Crippen LogP contribution in [0.2, 0.25) is 0 Å². The van der Waals surface area contributed by atoms with Crippen LogP contribution in [0.4, 0.5) is 0 Å². The summed E-state index contributed by atoms with van der Waals surface area (Å²) in [7, 11) is 0. The van der Waals surface area contributed by atoms with Gasteiger partial charge in [-0.25, -0.2) is 0 Å². The molecule has 0 radical (unpaired) electrons. The number of nitrogens with one attached hydrogen (secondary N) is 1. The number of rotatable bonds is 2. The van der Waals surface area contributed by atoms with Gasteiger partial charge >= 0.3 is 0 Å². The molecule has 1 fully saturated rings. The average molecular weight is 256 g/mol. The quantitative estimate of drug-likeness (QED) is 0.348. The maximum absolute atomic E-state index is 10.8. The van der Waals surface area contributed by atoms with Crippen LogP contribution < -0.4 is 5.32 Å². The summed E-state index contributed by atoms with van der Waals surface area (Å²) >= 11 is 5.55. The molecule has 1 rings (SSSR count). The number of ether oxygens (including phenoxy) is 1. The summed E-state index contributed by atoms with van der Waals surface area (Å²) in [5.41, 5.74) is 0. The van der Waals surface area contributed by atoms with E-state index in [1.165, 1.54) is 0 Å². The van der Waals surface area contributed by atoms with Crippen LogP contribution in [0.3, 0.4) is 0 Å². The SMILES string of the molecule is CC(=O)N[C@@H]1[C@@H](O)[C@H](O)[C@@H](CO)OC1(O)Cl. The van der Waals surface area contributed by atoms with E-state index in [1.807, 2.05) is 0 Å². The number of aliphatic hydroxyl groups is 4. The number of halogens is 1. The molecule has 5 N–H and O–H groups in total. The molecule has 1 aliphatic heterocycles. The predicted molar refractivity (Wildman–Crippen MR) is 52.4 cm³/mol. The number of alkyl halides is 1. The van der Waals surface area contributed by atoms with E-state index in [9.17, 15) is 20.1 Å². The minimum atomic E-state index is -2.38. The number of carbonyl (C=O) groups is 1. The van der Waals surface area contributed by atoms with Crippen molar-refractivity contribution in [2.45, 2.75) is 36.5 Å². The molecule has 5 atom stereocenters. The number of hydrogen-bond donors (Lipinski definition) is 5. The summed E-state index contributed by atoms with van der Waals surface area (Å²) in [5.74, 6) is -0.554. The van der Waals surface area contributed by atoms with Crippen molar-refractivity contribution in [3.8, 4) is 0 Å². The highest BCUT2D eigenvalue weighted by Gasteiger charge is 2.52. The first-order chi connectivity index (χ1) is 7.29. The molecule has 1 unspecified atom stereocenters. The Hall–Kier alpha value is -0.440. The molecule has 1 amide bonds. The van der Waals surface area contributed by atoms with Crippen molar-refractivity contribution in [2.75, 3.05) is 6.61 Å². The van der Waals surface area contributed by atoms with Gasteiger partial charge in [0.05, 0.1) is 6.61 Å².